The summed E-state index contributed by atoms with van der Waals surface area (Å²) in [6.07, 6.45) is 1.15. The van der Waals surface area contributed by atoms with Gasteiger partial charge >= 0.3 is 150 Å². The van der Waals surface area contributed by atoms with Crippen LogP contribution in [-0.2, 0) is 51.4 Å². The third-order valence-electron chi connectivity index (χ3n) is 7.23. The molecule has 4 atom stereocenters. The Labute approximate surface area is 374 Å². The van der Waals surface area contributed by atoms with Crippen molar-refractivity contribution in [3.63, 3.8) is 0 Å². The summed E-state index contributed by atoms with van der Waals surface area (Å²) in [5.74, 6) is -1.05. The van der Waals surface area contributed by atoms with E-state index in [1.807, 2.05) is 67.6 Å². The Hall–Kier alpha value is 0.144. The van der Waals surface area contributed by atoms with E-state index in [1.54, 1.807) is 11.8 Å². The topological polar surface area (TPSA) is 143 Å². The van der Waals surface area contributed by atoms with Crippen molar-refractivity contribution in [3.05, 3.63) is 71.8 Å². The Morgan fingerprint density at radius 3 is 2.09 bits per heavy atom. The molecule has 3 heterocycles. The van der Waals surface area contributed by atoms with E-state index in [-0.39, 0.29) is 175 Å². The molecule has 1 spiro atoms. The Balaban J connectivity index is 0.000000707. The zero-order valence-electron chi connectivity index (χ0n) is 25.8. The van der Waals surface area contributed by atoms with Crippen LogP contribution >= 0.6 is 11.6 Å². The van der Waals surface area contributed by atoms with E-state index in [0.717, 1.165) is 11.1 Å². The van der Waals surface area contributed by atoms with E-state index in [0.29, 0.717) is 39.1 Å². The van der Waals surface area contributed by atoms with Crippen LogP contribution in [0.1, 0.15) is 39.2 Å². The first-order valence-electron chi connectivity index (χ1n) is 13.1. The van der Waals surface area contributed by atoms with Crippen LogP contribution in [0.5, 0.6) is 0 Å². The summed E-state index contributed by atoms with van der Waals surface area (Å²) >= 11 is 5.87. The maximum absolute atomic E-state index is 12.2. The van der Waals surface area contributed by atoms with E-state index in [2.05, 4.69) is 4.89 Å². The number of likely N-dealkylation sites (tertiary alicyclic amines) is 1. The predicted molar refractivity (Wildman–Crippen MR) is 144 cm³/mol. The molecule has 2 aromatic rings. The van der Waals surface area contributed by atoms with E-state index < -0.39 is 17.0 Å². The number of hydrogen-bond acceptors (Lipinski definition) is 9. The van der Waals surface area contributed by atoms with Crippen molar-refractivity contribution in [2.45, 2.75) is 56.7 Å². The number of cyclic esters (lactones) is 2. The average molecular weight is 855 g/mol. The third-order valence-corrected chi connectivity index (χ3v) is 7.42. The number of ether oxygens (including phenoxy) is 2. The molecule has 2 amide bonds. The van der Waals surface area contributed by atoms with Gasteiger partial charge in [0.2, 0.25) is 11.8 Å². The summed E-state index contributed by atoms with van der Waals surface area (Å²) in [5, 5.41) is 7.78. The summed E-state index contributed by atoms with van der Waals surface area (Å²) in [6.45, 7) is 4.88. The van der Waals surface area contributed by atoms with Gasteiger partial charge in [0.05, 0.1) is 19.1 Å². The number of alkyl halides is 1. The summed E-state index contributed by atoms with van der Waals surface area (Å²) in [4.78, 5) is 62.2. The smallest absolute Gasteiger partial charge is 1.00 e. The number of nitrogens with zero attached hydrogens (tertiary/aromatic N) is 2. The molecule has 3 saturated heterocycles. The Kier molecular flexibility index (Phi) is 19.5. The van der Waals surface area contributed by atoms with Crippen LogP contribution in [0.2, 0.25) is 0 Å². The van der Waals surface area contributed by atoms with E-state index in [1.165, 1.54) is 4.90 Å². The number of carbonyl (C=O) groups excluding carboxylic acids is 5. The predicted octanol–water partition coefficient (Wildman–Crippen LogP) is -4.14. The first-order valence-corrected chi connectivity index (χ1v) is 13.5. The van der Waals surface area contributed by atoms with Crippen molar-refractivity contribution in [1.82, 2.24) is 9.80 Å². The Bertz CT molecular complexity index is 1230. The number of benzene rings is 2. The zero-order chi connectivity index (χ0) is 30.0. The first-order chi connectivity index (χ1) is 19.7. The molecule has 0 aliphatic carbocycles. The van der Waals surface area contributed by atoms with Gasteiger partial charge in [-0.1, -0.05) is 67.6 Å². The van der Waals surface area contributed by atoms with Crippen molar-refractivity contribution in [1.29, 1.82) is 0 Å². The fraction of sp³-hybridized carbons (Fsp3) is 0.414. The molecule has 0 bridgehead atoms. The van der Waals surface area contributed by atoms with Crippen LogP contribution in [0.4, 0.5) is 0 Å². The molecule has 1 unspecified atom stereocenters. The molecular formula is C29H33ClCs2N2O9. The molecule has 0 saturated carbocycles. The standard InChI is InChI=1S/C14H16ClNO3.C14H15NO3.CH2O3.2Cs.H/c1-10(15)13(17)16(12-7-8-19-14(12)18)9-11-5-3-2-4-6-11;1-10-12(16)15(9-11-5-3-2-4-6-11)14(10)7-8-18-13(14)17;2-1-4-3;;;/h2-6,10,12H,7-9H2,1H3;2-6,10H,7-9H2,1H3;1,3H;;;/q;;;2*+1;-1/p-1/t10-,12?;10-,14+;;;;/m10..../s1. The number of β-lactam (4-membered cyclic amide) rings is 1. The van der Waals surface area contributed by atoms with Crippen LogP contribution in [0.15, 0.2) is 60.7 Å². The SMILES string of the molecule is C[C@@H](Cl)C(=O)N(Cc1ccccc1)C1CCOC1=O.C[C@H]1C(=O)N(Cc2ccccc2)[C@]12CCOC2=O.O=CO[O-].[Cs+].[Cs+].[H-]. The summed E-state index contributed by atoms with van der Waals surface area (Å²) in [5.41, 5.74) is 1.30. The molecule has 0 radical (unpaired) electrons. The monoisotopic (exact) mass is 854 g/mol. The molecule has 11 nitrogen and oxygen atoms in total. The minimum Gasteiger partial charge on any atom is -1.00 e. The molecule has 222 valence electrons. The second-order valence-corrected chi connectivity index (χ2v) is 10.3. The van der Waals surface area contributed by atoms with Gasteiger partial charge in [-0.2, -0.15) is 0 Å². The van der Waals surface area contributed by atoms with Gasteiger partial charge in [0.25, 0.3) is 6.47 Å². The van der Waals surface area contributed by atoms with Gasteiger partial charge in [-0.15, -0.1) is 11.6 Å². The van der Waals surface area contributed by atoms with Crippen LogP contribution in [0.25, 0.3) is 0 Å². The van der Waals surface area contributed by atoms with E-state index in [9.17, 15) is 19.2 Å². The Morgan fingerprint density at radius 1 is 1.09 bits per heavy atom. The van der Waals surface area contributed by atoms with Crippen LogP contribution in [-0.4, -0.2) is 70.2 Å². The molecule has 0 N–H and O–H groups in total. The second kappa shape index (κ2) is 20.4. The normalized spacial score (nSPS) is 22.0. The average Bonchev–Trinajstić information content (AvgIpc) is 3.61. The van der Waals surface area contributed by atoms with Gasteiger partial charge in [-0.3, -0.25) is 14.4 Å². The van der Waals surface area contributed by atoms with Gasteiger partial charge in [0.1, 0.15) is 11.4 Å². The number of hydrogen-bond donors (Lipinski definition) is 0. The molecule has 2 aromatic carbocycles. The third kappa shape index (κ3) is 10.6. The molecule has 5 rings (SSSR count). The van der Waals surface area contributed by atoms with Crippen molar-refractivity contribution in [2.75, 3.05) is 13.2 Å². The van der Waals surface area contributed by atoms with Gasteiger partial charge in [-0.25, -0.2) is 9.59 Å². The fourth-order valence-corrected chi connectivity index (χ4v) is 5.20. The maximum Gasteiger partial charge on any atom is 1.00 e. The molecule has 3 fully saturated rings. The minimum absolute atomic E-state index is 0. The summed E-state index contributed by atoms with van der Waals surface area (Å²) in [7, 11) is 0. The molecule has 3 aliphatic rings. The zero-order valence-corrected chi connectivity index (χ0v) is 38.1. The molecule has 3 aliphatic heterocycles. The molecule has 14 heteroatoms. The van der Waals surface area contributed by atoms with Gasteiger partial charge in [0.15, 0.2) is 5.54 Å². The number of esters is 2. The molecular weight excluding hydrogens is 822 g/mol. The fourth-order valence-electron chi connectivity index (χ4n) is 5.07. The van der Waals surface area contributed by atoms with Gasteiger partial charge in [-0.05, 0) is 18.1 Å². The number of amides is 2. The van der Waals surface area contributed by atoms with E-state index >= 15 is 0 Å². The minimum atomic E-state index is -0.701. The van der Waals surface area contributed by atoms with Crippen LogP contribution in [0.3, 0.4) is 0 Å². The van der Waals surface area contributed by atoms with Crippen molar-refractivity contribution in [2.24, 2.45) is 5.92 Å². The van der Waals surface area contributed by atoms with Crippen LogP contribution < -0.4 is 143 Å². The number of rotatable bonds is 7. The van der Waals surface area contributed by atoms with Gasteiger partial charge in [0, 0.05) is 25.9 Å². The quantitative estimate of drug-likeness (QED) is 0.0679. The first kappa shape index (κ1) is 41.2. The van der Waals surface area contributed by atoms with E-state index in [4.69, 9.17) is 31.1 Å². The molecule has 43 heavy (non-hydrogen) atoms. The van der Waals surface area contributed by atoms with Crippen molar-refractivity contribution < 1.29 is 183 Å². The van der Waals surface area contributed by atoms with Gasteiger partial charge < -0.3 is 30.8 Å². The number of halogens is 1. The van der Waals surface area contributed by atoms with Crippen LogP contribution in [0, 0.1) is 5.92 Å². The second-order valence-electron chi connectivity index (χ2n) is 9.67. The van der Waals surface area contributed by atoms with Crippen molar-refractivity contribution in [3.8, 4) is 0 Å². The number of carbonyl (C=O) groups is 5. The summed E-state index contributed by atoms with van der Waals surface area (Å²) in [6, 6.07) is 18.7. The summed E-state index contributed by atoms with van der Waals surface area (Å²) < 4.78 is 10.0. The maximum atomic E-state index is 12.2. The van der Waals surface area contributed by atoms with Crippen molar-refractivity contribution >= 4 is 41.8 Å². The molecule has 0 aromatic heterocycles. The largest absolute Gasteiger partial charge is 1.00 e. The Morgan fingerprint density at radius 2 is 1.65 bits per heavy atom.